The predicted octanol–water partition coefficient (Wildman–Crippen LogP) is 3.72. The smallest absolute Gasteiger partial charge is 0.290 e. The first-order valence-corrected chi connectivity index (χ1v) is 8.38. The fourth-order valence-electron chi connectivity index (χ4n) is 2.73. The van der Waals surface area contributed by atoms with E-state index in [1.165, 1.54) is 22.5 Å². The third kappa shape index (κ3) is 2.70. The van der Waals surface area contributed by atoms with Crippen LogP contribution in [-0.2, 0) is 4.79 Å². The lowest BCUT2D eigenvalue weighted by Crippen LogP contribution is -2.31. The number of carbonyl (C=O) groups is 2. The Kier molecular flexibility index (Phi) is 4.34. The molecular formula is C17H17NO4S. The van der Waals surface area contributed by atoms with Crippen LogP contribution in [0, 0.1) is 0 Å². The number of nitrogens with zero attached hydrogens (tertiary/aromatic N) is 1. The van der Waals surface area contributed by atoms with Crippen molar-refractivity contribution in [1.82, 2.24) is 4.90 Å². The number of aliphatic hydroxyl groups is 1. The topological polar surface area (TPSA) is 70.8 Å². The van der Waals surface area contributed by atoms with Gasteiger partial charge in [0.15, 0.2) is 5.76 Å². The maximum Gasteiger partial charge on any atom is 0.290 e. The Bertz CT molecular complexity index is 731. The van der Waals surface area contributed by atoms with E-state index in [1.54, 1.807) is 29.6 Å². The third-order valence-corrected chi connectivity index (χ3v) is 4.73. The molecule has 3 heterocycles. The van der Waals surface area contributed by atoms with Crippen molar-refractivity contribution in [1.29, 1.82) is 0 Å². The van der Waals surface area contributed by atoms with Gasteiger partial charge in [0.1, 0.15) is 11.8 Å². The molecule has 3 rings (SSSR count). The number of carbonyl (C=O) groups excluding carboxylic acids is 2. The molecule has 6 heteroatoms. The Hall–Kier alpha value is -2.34. The summed E-state index contributed by atoms with van der Waals surface area (Å²) in [7, 11) is 0. The van der Waals surface area contributed by atoms with Crippen LogP contribution in [0.15, 0.2) is 51.7 Å². The number of Topliss-reactive ketones (excluding diaryl/α,β-unsaturated/α-hetero) is 1. The van der Waals surface area contributed by atoms with E-state index in [2.05, 4.69) is 0 Å². The highest BCUT2D eigenvalue weighted by Gasteiger charge is 2.44. The van der Waals surface area contributed by atoms with Crippen molar-refractivity contribution in [3.63, 3.8) is 0 Å². The standard InChI is InChI=1S/C17H17NO4S/c1-2-3-8-18-14(11-6-4-9-22-11)13(16(20)17(18)21)15(19)12-7-5-10-23-12/h4-7,9-10,14,20H,2-3,8H2,1H3. The van der Waals surface area contributed by atoms with Crippen LogP contribution in [0.4, 0.5) is 0 Å². The zero-order valence-corrected chi connectivity index (χ0v) is 13.5. The zero-order valence-electron chi connectivity index (χ0n) is 12.7. The Morgan fingerprint density at radius 1 is 1.39 bits per heavy atom. The van der Waals surface area contributed by atoms with Gasteiger partial charge in [0.2, 0.25) is 5.78 Å². The second-order valence-electron chi connectivity index (χ2n) is 5.34. The van der Waals surface area contributed by atoms with E-state index in [1.807, 2.05) is 6.92 Å². The molecule has 5 nitrogen and oxygen atoms in total. The van der Waals surface area contributed by atoms with Crippen LogP contribution in [0.5, 0.6) is 0 Å². The van der Waals surface area contributed by atoms with Crippen molar-refractivity contribution < 1.29 is 19.1 Å². The second-order valence-corrected chi connectivity index (χ2v) is 6.29. The first-order chi connectivity index (χ1) is 11.1. The van der Waals surface area contributed by atoms with Gasteiger partial charge in [-0.1, -0.05) is 19.4 Å². The number of furan rings is 1. The summed E-state index contributed by atoms with van der Waals surface area (Å²) in [6, 6.07) is 6.21. The summed E-state index contributed by atoms with van der Waals surface area (Å²) >= 11 is 1.28. The summed E-state index contributed by atoms with van der Waals surface area (Å²) in [5.41, 5.74) is 0.100. The molecule has 0 bridgehead atoms. The maximum absolute atomic E-state index is 12.8. The van der Waals surface area contributed by atoms with Crippen molar-refractivity contribution in [3.05, 3.63) is 57.9 Å². The summed E-state index contributed by atoms with van der Waals surface area (Å²) in [6.07, 6.45) is 3.20. The van der Waals surface area contributed by atoms with E-state index in [9.17, 15) is 14.7 Å². The Balaban J connectivity index is 2.03. The van der Waals surface area contributed by atoms with Crippen LogP contribution in [-0.4, -0.2) is 28.2 Å². The number of ketones is 1. The highest BCUT2D eigenvalue weighted by Crippen LogP contribution is 2.39. The van der Waals surface area contributed by atoms with Crippen LogP contribution in [0.1, 0.15) is 41.2 Å². The second kappa shape index (κ2) is 6.42. The van der Waals surface area contributed by atoms with Gasteiger partial charge in [0.05, 0.1) is 16.7 Å². The van der Waals surface area contributed by atoms with Gasteiger partial charge in [-0.05, 0) is 30.0 Å². The van der Waals surface area contributed by atoms with Crippen molar-refractivity contribution in [2.24, 2.45) is 0 Å². The van der Waals surface area contributed by atoms with Crippen LogP contribution < -0.4 is 0 Å². The van der Waals surface area contributed by atoms with Crippen LogP contribution in [0.3, 0.4) is 0 Å². The molecule has 0 spiro atoms. The number of rotatable bonds is 6. The molecule has 0 aliphatic carbocycles. The van der Waals surface area contributed by atoms with E-state index in [4.69, 9.17) is 4.42 Å². The van der Waals surface area contributed by atoms with E-state index >= 15 is 0 Å². The molecule has 0 fully saturated rings. The lowest BCUT2D eigenvalue weighted by atomic mass is 10.00. The molecule has 1 N–H and O–H groups in total. The lowest BCUT2D eigenvalue weighted by molar-refractivity contribution is -0.129. The summed E-state index contributed by atoms with van der Waals surface area (Å²) in [4.78, 5) is 27.2. The van der Waals surface area contributed by atoms with Crippen LogP contribution in [0.25, 0.3) is 0 Å². The number of thiophene rings is 1. The van der Waals surface area contributed by atoms with Crippen molar-refractivity contribution >= 4 is 23.0 Å². The fraction of sp³-hybridized carbons (Fsp3) is 0.294. The molecule has 0 saturated heterocycles. The number of unbranched alkanes of at least 4 members (excludes halogenated alkanes) is 1. The normalized spacial score (nSPS) is 18.0. The first-order valence-electron chi connectivity index (χ1n) is 7.50. The Morgan fingerprint density at radius 2 is 2.22 bits per heavy atom. The van der Waals surface area contributed by atoms with Gasteiger partial charge >= 0.3 is 0 Å². The molecule has 0 aromatic carbocycles. The zero-order chi connectivity index (χ0) is 16.4. The minimum atomic E-state index is -0.668. The number of aliphatic hydroxyl groups excluding tert-OH is 1. The average Bonchev–Trinajstić information content (AvgIpc) is 3.28. The highest BCUT2D eigenvalue weighted by molar-refractivity contribution is 7.12. The lowest BCUT2D eigenvalue weighted by Gasteiger charge is -2.24. The molecule has 120 valence electrons. The van der Waals surface area contributed by atoms with E-state index in [0.717, 1.165) is 12.8 Å². The summed E-state index contributed by atoms with van der Waals surface area (Å²) in [5.74, 6) is -0.828. The predicted molar refractivity (Wildman–Crippen MR) is 86.4 cm³/mol. The summed E-state index contributed by atoms with van der Waals surface area (Å²) < 4.78 is 5.43. The molecule has 1 amide bonds. The minimum Gasteiger partial charge on any atom is -0.503 e. The molecule has 0 saturated carbocycles. The molecule has 2 aromatic rings. The third-order valence-electron chi connectivity index (χ3n) is 3.86. The Labute approximate surface area is 137 Å². The molecule has 1 unspecified atom stereocenters. The summed E-state index contributed by atoms with van der Waals surface area (Å²) in [6.45, 7) is 2.49. The van der Waals surface area contributed by atoms with Gasteiger partial charge in [0.25, 0.3) is 5.91 Å². The van der Waals surface area contributed by atoms with Gasteiger partial charge in [0, 0.05) is 6.54 Å². The van der Waals surface area contributed by atoms with E-state index < -0.39 is 17.7 Å². The first kappa shape index (κ1) is 15.6. The van der Waals surface area contributed by atoms with Crippen LogP contribution >= 0.6 is 11.3 Å². The van der Waals surface area contributed by atoms with Gasteiger partial charge in [-0.15, -0.1) is 11.3 Å². The van der Waals surface area contributed by atoms with Gasteiger partial charge in [-0.25, -0.2) is 0 Å². The molecule has 0 radical (unpaired) electrons. The van der Waals surface area contributed by atoms with Crippen LogP contribution in [0.2, 0.25) is 0 Å². The van der Waals surface area contributed by atoms with Crippen molar-refractivity contribution in [2.45, 2.75) is 25.8 Å². The molecule has 1 aliphatic heterocycles. The van der Waals surface area contributed by atoms with Gasteiger partial charge in [-0.3, -0.25) is 9.59 Å². The minimum absolute atomic E-state index is 0.100. The largest absolute Gasteiger partial charge is 0.503 e. The molecule has 23 heavy (non-hydrogen) atoms. The van der Waals surface area contributed by atoms with Crippen molar-refractivity contribution in [2.75, 3.05) is 6.54 Å². The Morgan fingerprint density at radius 3 is 2.83 bits per heavy atom. The highest BCUT2D eigenvalue weighted by atomic mass is 32.1. The van der Waals surface area contributed by atoms with Gasteiger partial charge < -0.3 is 14.4 Å². The maximum atomic E-state index is 12.8. The quantitative estimate of drug-likeness (QED) is 0.819. The number of hydrogen-bond donors (Lipinski definition) is 1. The molecule has 1 aliphatic rings. The number of amides is 1. The monoisotopic (exact) mass is 331 g/mol. The molecule has 1 atom stereocenters. The molecule has 2 aromatic heterocycles. The number of hydrogen-bond acceptors (Lipinski definition) is 5. The van der Waals surface area contributed by atoms with E-state index in [0.29, 0.717) is 17.2 Å². The average molecular weight is 331 g/mol. The SMILES string of the molecule is CCCCN1C(=O)C(O)=C(C(=O)c2cccs2)C1c1ccco1. The summed E-state index contributed by atoms with van der Waals surface area (Å²) in [5, 5.41) is 12.1. The van der Waals surface area contributed by atoms with E-state index in [-0.39, 0.29) is 11.4 Å². The van der Waals surface area contributed by atoms with Crippen molar-refractivity contribution in [3.8, 4) is 0 Å². The molecular weight excluding hydrogens is 314 g/mol. The van der Waals surface area contributed by atoms with Gasteiger partial charge in [-0.2, -0.15) is 0 Å². The fourth-order valence-corrected chi connectivity index (χ4v) is 3.41.